The van der Waals surface area contributed by atoms with E-state index in [1.165, 1.54) is 6.20 Å². The number of allylic oxidation sites excluding steroid dienone is 1. The summed E-state index contributed by atoms with van der Waals surface area (Å²) in [6, 6.07) is 10.2. The van der Waals surface area contributed by atoms with E-state index >= 15 is 0 Å². The number of anilines is 1. The lowest BCUT2D eigenvalue weighted by Crippen LogP contribution is -2.14. The highest BCUT2D eigenvalue weighted by Gasteiger charge is 2.19. The second-order valence-corrected chi connectivity index (χ2v) is 7.76. The SMILES string of the molecule is Cc1nc(S(=O)(=O)Nc2cccc(C(N)=C(C=N)c3ccncc3)c2)cn1C. The zero-order valence-electron chi connectivity index (χ0n) is 15.4. The van der Waals surface area contributed by atoms with Crippen molar-refractivity contribution in [3.63, 3.8) is 0 Å². The molecule has 0 aliphatic heterocycles. The monoisotopic (exact) mass is 396 g/mol. The molecule has 0 amide bonds. The highest BCUT2D eigenvalue weighted by atomic mass is 32.2. The topological polar surface area (TPSA) is 127 Å². The number of aromatic nitrogens is 3. The summed E-state index contributed by atoms with van der Waals surface area (Å²) < 4.78 is 29.3. The van der Waals surface area contributed by atoms with Crippen molar-refractivity contribution >= 4 is 33.2 Å². The van der Waals surface area contributed by atoms with Gasteiger partial charge in [0.15, 0.2) is 5.03 Å². The van der Waals surface area contributed by atoms with Crippen molar-refractivity contribution in [3.8, 4) is 0 Å². The van der Waals surface area contributed by atoms with Gasteiger partial charge in [0.1, 0.15) is 5.82 Å². The lowest BCUT2D eigenvalue weighted by Gasteiger charge is -2.11. The van der Waals surface area contributed by atoms with Gasteiger partial charge in [-0.05, 0) is 36.8 Å². The minimum Gasteiger partial charge on any atom is -0.398 e. The van der Waals surface area contributed by atoms with E-state index in [2.05, 4.69) is 14.7 Å². The first-order valence-corrected chi connectivity index (χ1v) is 9.84. The molecule has 3 aromatic rings. The molecule has 3 rings (SSSR count). The first kappa shape index (κ1) is 19.3. The number of nitrogens with zero attached hydrogens (tertiary/aromatic N) is 3. The lowest BCUT2D eigenvalue weighted by atomic mass is 10.0. The molecule has 0 fully saturated rings. The normalized spacial score (nSPS) is 12.4. The van der Waals surface area contributed by atoms with Gasteiger partial charge in [0, 0.05) is 54.4 Å². The number of sulfonamides is 1. The van der Waals surface area contributed by atoms with Crippen LogP contribution in [0.4, 0.5) is 5.69 Å². The Morgan fingerprint density at radius 2 is 1.93 bits per heavy atom. The predicted octanol–water partition coefficient (Wildman–Crippen LogP) is 2.40. The predicted molar refractivity (Wildman–Crippen MR) is 109 cm³/mol. The molecule has 8 nitrogen and oxygen atoms in total. The van der Waals surface area contributed by atoms with Crippen LogP contribution >= 0.6 is 0 Å². The van der Waals surface area contributed by atoms with Crippen molar-refractivity contribution in [1.29, 1.82) is 5.41 Å². The molecule has 2 heterocycles. The van der Waals surface area contributed by atoms with Crippen LogP contribution in [0.3, 0.4) is 0 Å². The fourth-order valence-corrected chi connectivity index (χ4v) is 3.71. The highest BCUT2D eigenvalue weighted by Crippen LogP contribution is 2.24. The van der Waals surface area contributed by atoms with Crippen LogP contribution in [0.25, 0.3) is 11.3 Å². The molecule has 0 aliphatic carbocycles. The molecule has 0 aliphatic rings. The number of hydrogen-bond donors (Lipinski definition) is 3. The quantitative estimate of drug-likeness (QED) is 0.552. The summed E-state index contributed by atoms with van der Waals surface area (Å²) in [5.74, 6) is 0.592. The molecule has 28 heavy (non-hydrogen) atoms. The van der Waals surface area contributed by atoms with Gasteiger partial charge >= 0.3 is 0 Å². The zero-order valence-corrected chi connectivity index (χ0v) is 16.2. The number of imidazole rings is 1. The van der Waals surface area contributed by atoms with E-state index in [4.69, 9.17) is 11.1 Å². The molecular formula is C19H20N6O2S. The van der Waals surface area contributed by atoms with Crippen molar-refractivity contribution in [2.75, 3.05) is 4.72 Å². The van der Waals surface area contributed by atoms with Gasteiger partial charge in [-0.2, -0.15) is 8.42 Å². The van der Waals surface area contributed by atoms with Gasteiger partial charge in [0.05, 0.1) is 0 Å². The van der Waals surface area contributed by atoms with E-state index in [0.29, 0.717) is 28.3 Å². The fraction of sp³-hybridized carbons (Fsp3) is 0.105. The number of hydrogen-bond acceptors (Lipinski definition) is 6. The maximum atomic E-state index is 12.6. The number of aryl methyl sites for hydroxylation is 2. The molecule has 0 spiro atoms. The Balaban J connectivity index is 1.96. The van der Waals surface area contributed by atoms with E-state index < -0.39 is 10.0 Å². The minimum atomic E-state index is -3.83. The molecule has 0 saturated carbocycles. The molecule has 0 radical (unpaired) electrons. The first-order valence-electron chi connectivity index (χ1n) is 8.35. The third kappa shape index (κ3) is 3.94. The largest absolute Gasteiger partial charge is 0.398 e. The summed E-state index contributed by atoms with van der Waals surface area (Å²) in [5, 5.41) is 7.65. The standard InChI is InChI=1S/C19H20N6O2S/c1-13-23-18(12-25(13)2)28(26,27)24-16-5-3-4-15(10-16)19(21)17(11-20)14-6-8-22-9-7-14/h3-12,20,24H,21H2,1-2H3. The maximum absolute atomic E-state index is 12.6. The number of pyridine rings is 1. The second kappa shape index (κ2) is 7.65. The highest BCUT2D eigenvalue weighted by molar-refractivity contribution is 7.92. The molecule has 0 saturated heterocycles. The molecular weight excluding hydrogens is 376 g/mol. The maximum Gasteiger partial charge on any atom is 0.280 e. The van der Waals surface area contributed by atoms with Crippen molar-refractivity contribution in [2.45, 2.75) is 11.9 Å². The number of nitrogens with one attached hydrogen (secondary N) is 2. The van der Waals surface area contributed by atoms with Crippen LogP contribution in [0.5, 0.6) is 0 Å². The van der Waals surface area contributed by atoms with Gasteiger partial charge in [0.25, 0.3) is 10.0 Å². The smallest absolute Gasteiger partial charge is 0.280 e. The first-order chi connectivity index (χ1) is 13.3. The fourth-order valence-electron chi connectivity index (χ4n) is 2.62. The van der Waals surface area contributed by atoms with Crippen LogP contribution in [0, 0.1) is 12.3 Å². The van der Waals surface area contributed by atoms with Gasteiger partial charge in [-0.25, -0.2) is 4.98 Å². The van der Waals surface area contributed by atoms with E-state index in [9.17, 15) is 8.42 Å². The van der Waals surface area contributed by atoms with Gasteiger partial charge < -0.3 is 15.7 Å². The second-order valence-electron chi connectivity index (χ2n) is 6.13. The van der Waals surface area contributed by atoms with Gasteiger partial charge in [-0.15, -0.1) is 0 Å². The Labute approximate surface area is 163 Å². The van der Waals surface area contributed by atoms with E-state index in [0.717, 1.165) is 11.8 Å². The summed E-state index contributed by atoms with van der Waals surface area (Å²) in [6.07, 6.45) is 5.85. The average molecular weight is 396 g/mol. The van der Waals surface area contributed by atoms with Crippen LogP contribution in [0.2, 0.25) is 0 Å². The Kier molecular flexibility index (Phi) is 5.27. The van der Waals surface area contributed by atoms with Crippen molar-refractivity contribution in [1.82, 2.24) is 14.5 Å². The van der Waals surface area contributed by atoms with Crippen molar-refractivity contribution < 1.29 is 8.42 Å². The van der Waals surface area contributed by atoms with Gasteiger partial charge in [0.2, 0.25) is 0 Å². The summed E-state index contributed by atoms with van der Waals surface area (Å²) in [5.41, 5.74) is 8.83. The van der Waals surface area contributed by atoms with E-state index in [1.54, 1.807) is 67.3 Å². The van der Waals surface area contributed by atoms with Crippen molar-refractivity contribution in [2.24, 2.45) is 12.8 Å². The zero-order chi connectivity index (χ0) is 20.3. The van der Waals surface area contributed by atoms with E-state index in [1.807, 2.05) is 0 Å². The Morgan fingerprint density at radius 1 is 1.21 bits per heavy atom. The Morgan fingerprint density at radius 3 is 2.54 bits per heavy atom. The third-order valence-corrected chi connectivity index (χ3v) is 5.47. The van der Waals surface area contributed by atoms with Crippen LogP contribution in [-0.2, 0) is 17.1 Å². The van der Waals surface area contributed by atoms with Gasteiger partial charge in [-0.1, -0.05) is 12.1 Å². The molecule has 2 aromatic heterocycles. The summed E-state index contributed by atoms with van der Waals surface area (Å²) in [6.45, 7) is 1.73. The van der Waals surface area contributed by atoms with Crippen LogP contribution in [0.1, 0.15) is 17.0 Å². The molecule has 144 valence electrons. The van der Waals surface area contributed by atoms with E-state index in [-0.39, 0.29) is 5.03 Å². The summed E-state index contributed by atoms with van der Waals surface area (Å²) in [4.78, 5) is 8.02. The van der Waals surface area contributed by atoms with Crippen LogP contribution in [-0.4, -0.2) is 29.2 Å². The number of benzene rings is 1. The van der Waals surface area contributed by atoms with Crippen LogP contribution < -0.4 is 10.5 Å². The number of nitrogens with two attached hydrogens (primary N) is 1. The molecule has 1 aromatic carbocycles. The number of rotatable bonds is 6. The molecule has 9 heteroatoms. The molecule has 0 bridgehead atoms. The van der Waals surface area contributed by atoms with Crippen LogP contribution in [0.15, 0.2) is 60.0 Å². The summed E-state index contributed by atoms with van der Waals surface area (Å²) >= 11 is 0. The molecule has 0 unspecified atom stereocenters. The Hall–Kier alpha value is -3.46. The lowest BCUT2D eigenvalue weighted by molar-refractivity contribution is 0.598. The third-order valence-electron chi connectivity index (χ3n) is 4.21. The minimum absolute atomic E-state index is 0.0571. The molecule has 0 atom stereocenters. The molecule has 4 N–H and O–H groups in total. The average Bonchev–Trinajstić information content (AvgIpc) is 3.03. The summed E-state index contributed by atoms with van der Waals surface area (Å²) in [7, 11) is -2.10. The Bertz CT molecular complexity index is 1130. The van der Waals surface area contributed by atoms with Gasteiger partial charge in [-0.3, -0.25) is 9.71 Å². The van der Waals surface area contributed by atoms with Crippen molar-refractivity contribution in [3.05, 3.63) is 71.9 Å².